The molecule has 1 fully saturated rings. The third-order valence-electron chi connectivity index (χ3n) is 2.48. The molecule has 0 unspecified atom stereocenters. The molecule has 1 heterocycles. The van der Waals surface area contributed by atoms with Crippen LogP contribution in [0.15, 0.2) is 18.2 Å². The molecule has 0 spiro atoms. The van der Waals surface area contributed by atoms with Crippen LogP contribution in [-0.2, 0) is 4.74 Å². The zero-order valence-corrected chi connectivity index (χ0v) is 9.34. The Kier molecular flexibility index (Phi) is 3.41. The number of hydrogen-bond acceptors (Lipinski definition) is 2. The van der Waals surface area contributed by atoms with Gasteiger partial charge in [-0.25, -0.2) is 4.39 Å². The van der Waals surface area contributed by atoms with Crippen LogP contribution in [0.2, 0.25) is 5.02 Å². The summed E-state index contributed by atoms with van der Waals surface area (Å²) in [6.45, 7) is 1.97. The van der Waals surface area contributed by atoms with Crippen LogP contribution in [0.5, 0.6) is 0 Å². The molecule has 0 saturated carbocycles. The SMILES string of the molecule is O=C(c1cccc(Cl)c1F)N1CCOCC1. The van der Waals surface area contributed by atoms with E-state index in [-0.39, 0.29) is 16.5 Å². The van der Waals surface area contributed by atoms with Crippen LogP contribution in [0.25, 0.3) is 0 Å². The van der Waals surface area contributed by atoms with Crippen molar-refractivity contribution >= 4 is 17.5 Å². The van der Waals surface area contributed by atoms with Crippen LogP contribution in [0.1, 0.15) is 10.4 Å². The van der Waals surface area contributed by atoms with Gasteiger partial charge < -0.3 is 9.64 Å². The van der Waals surface area contributed by atoms with Gasteiger partial charge in [0, 0.05) is 13.1 Å². The molecule has 1 aliphatic heterocycles. The molecule has 2 rings (SSSR count). The fourth-order valence-electron chi connectivity index (χ4n) is 1.61. The van der Waals surface area contributed by atoms with E-state index in [0.717, 1.165) is 0 Å². The van der Waals surface area contributed by atoms with Gasteiger partial charge in [0.25, 0.3) is 5.91 Å². The summed E-state index contributed by atoms with van der Waals surface area (Å²) in [5.74, 6) is -0.982. The smallest absolute Gasteiger partial charge is 0.257 e. The van der Waals surface area contributed by atoms with Crippen molar-refractivity contribution in [2.45, 2.75) is 0 Å². The van der Waals surface area contributed by atoms with Crippen LogP contribution in [0.4, 0.5) is 4.39 Å². The van der Waals surface area contributed by atoms with E-state index in [1.807, 2.05) is 0 Å². The van der Waals surface area contributed by atoms with Crippen molar-refractivity contribution in [1.29, 1.82) is 0 Å². The zero-order valence-electron chi connectivity index (χ0n) is 8.58. The van der Waals surface area contributed by atoms with E-state index in [4.69, 9.17) is 16.3 Å². The summed E-state index contributed by atoms with van der Waals surface area (Å²) < 4.78 is 18.7. The van der Waals surface area contributed by atoms with Crippen molar-refractivity contribution in [2.24, 2.45) is 0 Å². The lowest BCUT2D eigenvalue weighted by atomic mass is 10.2. The number of carbonyl (C=O) groups excluding carboxylic acids is 1. The quantitative estimate of drug-likeness (QED) is 0.755. The van der Waals surface area contributed by atoms with Crippen molar-refractivity contribution < 1.29 is 13.9 Å². The van der Waals surface area contributed by atoms with E-state index >= 15 is 0 Å². The normalized spacial score (nSPS) is 16.2. The monoisotopic (exact) mass is 243 g/mol. The summed E-state index contributed by atoms with van der Waals surface area (Å²) in [5, 5.41) is -0.0286. The molecule has 0 atom stereocenters. The van der Waals surface area contributed by atoms with Gasteiger partial charge in [0.15, 0.2) is 5.82 Å². The second-order valence-corrected chi connectivity index (χ2v) is 3.91. The molecule has 86 valence electrons. The second-order valence-electron chi connectivity index (χ2n) is 3.51. The molecule has 1 aromatic rings. The van der Waals surface area contributed by atoms with Gasteiger partial charge in [0.2, 0.25) is 0 Å². The molecular weight excluding hydrogens is 233 g/mol. The lowest BCUT2D eigenvalue weighted by Gasteiger charge is -2.27. The molecule has 0 aliphatic carbocycles. The fourth-order valence-corrected chi connectivity index (χ4v) is 1.78. The Labute approximate surface area is 97.8 Å². The third-order valence-corrected chi connectivity index (χ3v) is 2.77. The first-order chi connectivity index (χ1) is 7.70. The lowest BCUT2D eigenvalue weighted by Crippen LogP contribution is -2.41. The molecule has 1 amide bonds. The van der Waals surface area contributed by atoms with Crippen molar-refractivity contribution in [2.75, 3.05) is 26.3 Å². The average Bonchev–Trinajstić information content (AvgIpc) is 2.33. The van der Waals surface area contributed by atoms with E-state index in [2.05, 4.69) is 0 Å². The van der Waals surface area contributed by atoms with Crippen molar-refractivity contribution in [3.8, 4) is 0 Å². The largest absolute Gasteiger partial charge is 0.378 e. The molecule has 0 radical (unpaired) electrons. The van der Waals surface area contributed by atoms with Gasteiger partial charge in [0.1, 0.15) is 0 Å². The summed E-state index contributed by atoms with van der Waals surface area (Å²) in [5.41, 5.74) is 0.0226. The minimum atomic E-state index is -0.652. The summed E-state index contributed by atoms with van der Waals surface area (Å²) >= 11 is 5.63. The zero-order chi connectivity index (χ0) is 11.5. The number of amides is 1. The average molecular weight is 244 g/mol. The Morgan fingerprint density at radius 1 is 1.38 bits per heavy atom. The Morgan fingerprint density at radius 3 is 2.75 bits per heavy atom. The number of ether oxygens (including phenoxy) is 1. The van der Waals surface area contributed by atoms with Crippen molar-refractivity contribution in [3.63, 3.8) is 0 Å². The Bertz CT molecular complexity index is 405. The standard InChI is InChI=1S/C11H11ClFNO2/c12-9-3-1-2-8(10(9)13)11(15)14-4-6-16-7-5-14/h1-3H,4-7H2. The molecular formula is C11H11ClFNO2. The maximum atomic E-state index is 13.6. The number of hydrogen-bond donors (Lipinski definition) is 0. The molecule has 0 bridgehead atoms. The molecule has 0 aromatic heterocycles. The van der Waals surface area contributed by atoms with E-state index in [9.17, 15) is 9.18 Å². The van der Waals surface area contributed by atoms with Crippen LogP contribution in [0, 0.1) is 5.82 Å². The van der Waals surface area contributed by atoms with Gasteiger partial charge in [0.05, 0.1) is 23.8 Å². The maximum Gasteiger partial charge on any atom is 0.257 e. The van der Waals surface area contributed by atoms with Crippen molar-refractivity contribution in [1.82, 2.24) is 4.90 Å². The van der Waals surface area contributed by atoms with E-state index in [1.54, 1.807) is 11.0 Å². The van der Waals surface area contributed by atoms with Crippen LogP contribution < -0.4 is 0 Å². The van der Waals surface area contributed by atoms with Crippen LogP contribution in [0.3, 0.4) is 0 Å². The van der Waals surface area contributed by atoms with E-state index in [0.29, 0.717) is 26.3 Å². The molecule has 0 N–H and O–H groups in total. The number of carbonyl (C=O) groups is 1. The van der Waals surface area contributed by atoms with Gasteiger partial charge in [-0.2, -0.15) is 0 Å². The third kappa shape index (κ3) is 2.18. The van der Waals surface area contributed by atoms with Crippen LogP contribution in [-0.4, -0.2) is 37.1 Å². The van der Waals surface area contributed by atoms with E-state index < -0.39 is 5.82 Å². The highest BCUT2D eigenvalue weighted by Gasteiger charge is 2.22. The number of halogens is 2. The number of morpholine rings is 1. The minimum Gasteiger partial charge on any atom is -0.378 e. The highest BCUT2D eigenvalue weighted by atomic mass is 35.5. The predicted octanol–water partition coefficient (Wildman–Crippen LogP) is 1.95. The van der Waals surface area contributed by atoms with Gasteiger partial charge in [-0.3, -0.25) is 4.79 Å². The van der Waals surface area contributed by atoms with Crippen LogP contribution >= 0.6 is 11.6 Å². The highest BCUT2D eigenvalue weighted by Crippen LogP contribution is 2.19. The second kappa shape index (κ2) is 4.80. The molecule has 1 aliphatic rings. The Morgan fingerprint density at radius 2 is 2.06 bits per heavy atom. The molecule has 1 aromatic carbocycles. The number of benzene rings is 1. The molecule has 1 saturated heterocycles. The first-order valence-corrected chi connectivity index (χ1v) is 5.39. The van der Waals surface area contributed by atoms with E-state index in [1.165, 1.54) is 12.1 Å². The lowest BCUT2D eigenvalue weighted by molar-refractivity contribution is 0.0300. The summed E-state index contributed by atoms with van der Waals surface area (Å²) in [6, 6.07) is 4.44. The molecule has 3 nitrogen and oxygen atoms in total. The predicted molar refractivity (Wildman–Crippen MR) is 58.1 cm³/mol. The first-order valence-electron chi connectivity index (χ1n) is 5.01. The van der Waals surface area contributed by atoms with Gasteiger partial charge in [-0.05, 0) is 12.1 Å². The maximum absolute atomic E-state index is 13.6. The molecule has 5 heteroatoms. The topological polar surface area (TPSA) is 29.5 Å². The fraction of sp³-hybridized carbons (Fsp3) is 0.364. The van der Waals surface area contributed by atoms with Gasteiger partial charge in [-0.15, -0.1) is 0 Å². The highest BCUT2D eigenvalue weighted by molar-refractivity contribution is 6.31. The summed E-state index contributed by atoms with van der Waals surface area (Å²) in [6.07, 6.45) is 0. The number of rotatable bonds is 1. The Hall–Kier alpha value is -1.13. The van der Waals surface area contributed by atoms with Crippen molar-refractivity contribution in [3.05, 3.63) is 34.6 Å². The minimum absolute atomic E-state index is 0.0226. The number of nitrogens with zero attached hydrogens (tertiary/aromatic N) is 1. The van der Waals surface area contributed by atoms with Gasteiger partial charge in [-0.1, -0.05) is 17.7 Å². The summed E-state index contributed by atoms with van der Waals surface area (Å²) in [4.78, 5) is 13.5. The van der Waals surface area contributed by atoms with Gasteiger partial charge >= 0.3 is 0 Å². The Balaban J connectivity index is 2.22. The molecule has 16 heavy (non-hydrogen) atoms. The first kappa shape index (κ1) is 11.4. The summed E-state index contributed by atoms with van der Waals surface area (Å²) in [7, 11) is 0.